The zero-order chi connectivity index (χ0) is 17.3. The number of methoxy groups -OCH3 is 1. The van der Waals surface area contributed by atoms with Gasteiger partial charge in [0.05, 0.1) is 12.2 Å². The van der Waals surface area contributed by atoms with Crippen LogP contribution in [0.5, 0.6) is 0 Å². The van der Waals surface area contributed by atoms with Gasteiger partial charge in [0.2, 0.25) is 0 Å². The minimum atomic E-state index is -0.315. The third-order valence-corrected chi connectivity index (χ3v) is 5.33. The summed E-state index contributed by atoms with van der Waals surface area (Å²) in [6.07, 6.45) is 1.64. The first-order chi connectivity index (χ1) is 9.04. The highest BCUT2D eigenvalue weighted by atomic mass is 16.5. The van der Waals surface area contributed by atoms with Crippen LogP contribution in [0.25, 0.3) is 0 Å². The van der Waals surface area contributed by atoms with Gasteiger partial charge >= 0.3 is 0 Å². The summed E-state index contributed by atoms with van der Waals surface area (Å²) < 4.78 is 5.74. The Bertz CT molecular complexity index is 315. The van der Waals surface area contributed by atoms with Crippen molar-refractivity contribution in [3.8, 4) is 0 Å². The van der Waals surface area contributed by atoms with Crippen LogP contribution in [0.1, 0.15) is 82.1 Å². The fourth-order valence-corrected chi connectivity index (χ4v) is 2.76. The number of aliphatic hydroxyl groups is 1. The van der Waals surface area contributed by atoms with Gasteiger partial charge in [-0.05, 0) is 34.5 Å². The lowest BCUT2D eigenvalue weighted by Crippen LogP contribution is -2.47. The Balaban J connectivity index is 5.18. The molecule has 0 saturated heterocycles. The average Bonchev–Trinajstić information content (AvgIpc) is 2.21. The van der Waals surface area contributed by atoms with Crippen molar-refractivity contribution in [3.05, 3.63) is 0 Å². The monoisotopic (exact) mass is 300 g/mol. The van der Waals surface area contributed by atoms with Gasteiger partial charge in [0, 0.05) is 7.11 Å². The molecular formula is C19H40O2. The molecule has 0 saturated carbocycles. The van der Waals surface area contributed by atoms with Crippen LogP contribution in [0.4, 0.5) is 0 Å². The van der Waals surface area contributed by atoms with E-state index in [2.05, 4.69) is 69.2 Å². The molecule has 21 heavy (non-hydrogen) atoms. The maximum Gasteiger partial charge on any atom is 0.0624 e. The van der Waals surface area contributed by atoms with E-state index in [1.165, 1.54) is 0 Å². The van der Waals surface area contributed by atoms with Gasteiger partial charge in [-0.25, -0.2) is 0 Å². The summed E-state index contributed by atoms with van der Waals surface area (Å²) in [5, 5.41) is 10.8. The first-order valence-electron chi connectivity index (χ1n) is 8.25. The van der Waals surface area contributed by atoms with Crippen molar-refractivity contribution in [2.75, 3.05) is 7.11 Å². The van der Waals surface area contributed by atoms with Crippen molar-refractivity contribution >= 4 is 0 Å². The van der Waals surface area contributed by atoms with Crippen LogP contribution >= 0.6 is 0 Å². The van der Waals surface area contributed by atoms with Crippen LogP contribution in [0.2, 0.25) is 0 Å². The zero-order valence-electron chi connectivity index (χ0n) is 16.4. The number of ether oxygens (including phenoxy) is 1. The van der Waals surface area contributed by atoms with E-state index in [1.54, 1.807) is 7.11 Å². The summed E-state index contributed by atoms with van der Waals surface area (Å²) >= 11 is 0. The molecule has 0 aromatic carbocycles. The van der Waals surface area contributed by atoms with Gasteiger partial charge < -0.3 is 9.84 Å². The number of aliphatic hydroxyl groups excluding tert-OH is 1. The molecule has 0 bridgehead atoms. The van der Waals surface area contributed by atoms with Gasteiger partial charge in [-0.1, -0.05) is 69.2 Å². The Kier molecular flexibility index (Phi) is 6.55. The zero-order valence-corrected chi connectivity index (χ0v) is 16.4. The molecule has 0 aliphatic heterocycles. The van der Waals surface area contributed by atoms with Crippen molar-refractivity contribution in [3.63, 3.8) is 0 Å². The van der Waals surface area contributed by atoms with Crippen molar-refractivity contribution in [2.24, 2.45) is 21.7 Å². The highest BCUT2D eigenvalue weighted by Gasteiger charge is 2.46. The highest BCUT2D eigenvalue weighted by Crippen LogP contribution is 2.49. The van der Waals surface area contributed by atoms with Crippen LogP contribution in [-0.4, -0.2) is 24.4 Å². The molecule has 0 heterocycles. The lowest BCUT2D eigenvalue weighted by molar-refractivity contribution is -0.0934. The topological polar surface area (TPSA) is 29.5 Å². The lowest BCUT2D eigenvalue weighted by atomic mass is 9.59. The molecule has 2 nitrogen and oxygen atoms in total. The second-order valence-electron chi connectivity index (χ2n) is 10.2. The predicted molar refractivity (Wildman–Crippen MR) is 92.5 cm³/mol. The maximum atomic E-state index is 10.8. The summed E-state index contributed by atoms with van der Waals surface area (Å²) in [7, 11) is 1.80. The van der Waals surface area contributed by atoms with Crippen molar-refractivity contribution in [1.82, 2.24) is 0 Å². The van der Waals surface area contributed by atoms with Crippen LogP contribution < -0.4 is 0 Å². The predicted octanol–water partition coefficient (Wildman–Crippen LogP) is 5.29. The van der Waals surface area contributed by atoms with Crippen molar-refractivity contribution in [2.45, 2.75) is 94.3 Å². The molecule has 0 aliphatic carbocycles. The first kappa shape index (κ1) is 20.9. The maximum absolute atomic E-state index is 10.8. The summed E-state index contributed by atoms with van der Waals surface area (Å²) in [5.74, 6) is 0. The van der Waals surface area contributed by atoms with Crippen molar-refractivity contribution in [1.29, 1.82) is 0 Å². The molecular weight excluding hydrogens is 260 g/mol. The summed E-state index contributed by atoms with van der Waals surface area (Å²) in [4.78, 5) is 0. The van der Waals surface area contributed by atoms with Gasteiger partial charge in [-0.2, -0.15) is 0 Å². The fraction of sp³-hybridized carbons (Fsp3) is 1.00. The summed E-state index contributed by atoms with van der Waals surface area (Å²) in [5.41, 5.74) is 0.0719. The summed E-state index contributed by atoms with van der Waals surface area (Å²) in [6, 6.07) is 0. The minimum Gasteiger partial charge on any atom is -0.393 e. The number of rotatable bonds is 6. The Morgan fingerprint density at radius 1 is 0.810 bits per heavy atom. The largest absolute Gasteiger partial charge is 0.393 e. The Morgan fingerprint density at radius 3 is 1.52 bits per heavy atom. The average molecular weight is 301 g/mol. The van der Waals surface area contributed by atoms with Crippen LogP contribution in [0, 0.1) is 21.7 Å². The van der Waals surface area contributed by atoms with Crippen LogP contribution in [-0.2, 0) is 4.74 Å². The van der Waals surface area contributed by atoms with Gasteiger partial charge in [0.1, 0.15) is 0 Å². The lowest BCUT2D eigenvalue weighted by Gasteiger charge is -2.49. The molecule has 0 aromatic heterocycles. The Labute approximate surface area is 133 Å². The molecule has 0 fully saturated rings. The molecule has 2 unspecified atom stereocenters. The normalized spacial score (nSPS) is 17.7. The molecule has 2 heteroatoms. The van der Waals surface area contributed by atoms with Crippen LogP contribution in [0.15, 0.2) is 0 Å². The minimum absolute atomic E-state index is 0.00831. The molecule has 0 spiro atoms. The quantitative estimate of drug-likeness (QED) is 0.722. The van der Waals surface area contributed by atoms with E-state index in [0.717, 1.165) is 12.8 Å². The third-order valence-electron chi connectivity index (χ3n) is 5.33. The van der Waals surface area contributed by atoms with Crippen LogP contribution in [0.3, 0.4) is 0 Å². The van der Waals surface area contributed by atoms with E-state index in [-0.39, 0.29) is 33.9 Å². The van der Waals surface area contributed by atoms with E-state index >= 15 is 0 Å². The van der Waals surface area contributed by atoms with E-state index in [9.17, 15) is 5.11 Å². The smallest absolute Gasteiger partial charge is 0.0624 e. The molecule has 2 atom stereocenters. The number of hydrogen-bond donors (Lipinski definition) is 1. The Hall–Kier alpha value is -0.0800. The van der Waals surface area contributed by atoms with Crippen molar-refractivity contribution < 1.29 is 9.84 Å². The van der Waals surface area contributed by atoms with Gasteiger partial charge in [0.15, 0.2) is 0 Å². The summed E-state index contributed by atoms with van der Waals surface area (Å²) in [6.45, 7) is 22.1. The van der Waals surface area contributed by atoms with E-state index in [1.807, 2.05) is 0 Å². The van der Waals surface area contributed by atoms with Gasteiger partial charge in [-0.15, -0.1) is 0 Å². The molecule has 0 radical (unpaired) electrons. The molecule has 0 aliphatic rings. The second kappa shape index (κ2) is 6.58. The molecule has 0 amide bonds. The SMILES string of the molecule is COC(CC(C)(C)C(C)(C)C(O)CC(C)(C)C)C(C)(C)C. The molecule has 0 rings (SSSR count). The Morgan fingerprint density at radius 2 is 1.24 bits per heavy atom. The second-order valence-corrected chi connectivity index (χ2v) is 10.2. The highest BCUT2D eigenvalue weighted by molar-refractivity contribution is 4.95. The van der Waals surface area contributed by atoms with Gasteiger partial charge in [-0.3, -0.25) is 0 Å². The fourth-order valence-electron chi connectivity index (χ4n) is 2.76. The standard InChI is InChI=1S/C19H40O2/c1-16(2,3)12-14(20)19(9,10)18(7,8)13-15(21-11)17(4,5)6/h14-15,20H,12-13H2,1-11H3. The van der Waals surface area contributed by atoms with E-state index < -0.39 is 0 Å². The van der Waals surface area contributed by atoms with Gasteiger partial charge in [0.25, 0.3) is 0 Å². The first-order valence-corrected chi connectivity index (χ1v) is 8.25. The van der Waals surface area contributed by atoms with E-state index in [0.29, 0.717) is 0 Å². The third kappa shape index (κ3) is 5.90. The number of hydrogen-bond acceptors (Lipinski definition) is 2. The van der Waals surface area contributed by atoms with E-state index in [4.69, 9.17) is 4.74 Å². The molecule has 0 aromatic rings. The molecule has 1 N–H and O–H groups in total. The molecule has 128 valence electrons.